The van der Waals surface area contributed by atoms with Crippen LogP contribution in [0.25, 0.3) is 0 Å². The predicted octanol–water partition coefficient (Wildman–Crippen LogP) is 2.93. The zero-order chi connectivity index (χ0) is 14.5. The maximum absolute atomic E-state index is 13.2. The quantitative estimate of drug-likeness (QED) is 0.808. The summed E-state index contributed by atoms with van der Waals surface area (Å²) in [5.41, 5.74) is 1.34. The Hall–Kier alpha value is -1.94. The maximum Gasteiger partial charge on any atom is 0.214 e. The van der Waals surface area contributed by atoms with E-state index in [9.17, 15) is 4.39 Å². The highest BCUT2D eigenvalue weighted by atomic mass is 19.1. The minimum atomic E-state index is -0.405. The van der Waals surface area contributed by atoms with Gasteiger partial charge in [-0.1, -0.05) is 36.4 Å². The van der Waals surface area contributed by atoms with Crippen LogP contribution in [0, 0.1) is 5.95 Å². The number of halogens is 1. The van der Waals surface area contributed by atoms with Gasteiger partial charge >= 0.3 is 0 Å². The summed E-state index contributed by atoms with van der Waals surface area (Å²) in [6.45, 7) is 4.85. The number of rotatable bonds is 3. The molecule has 3 nitrogen and oxygen atoms in total. The third kappa shape index (κ3) is 3.79. The van der Waals surface area contributed by atoms with E-state index in [1.165, 1.54) is 11.6 Å². The summed E-state index contributed by atoms with van der Waals surface area (Å²) in [6.07, 6.45) is 1.07. The van der Waals surface area contributed by atoms with Crippen LogP contribution in [0.1, 0.15) is 12.0 Å². The summed E-state index contributed by atoms with van der Waals surface area (Å²) in [7, 11) is 0. The van der Waals surface area contributed by atoms with Crippen molar-refractivity contribution in [2.45, 2.75) is 13.0 Å². The first-order valence-corrected chi connectivity index (χ1v) is 7.45. The van der Waals surface area contributed by atoms with E-state index in [-0.39, 0.29) is 0 Å². The van der Waals surface area contributed by atoms with Crippen molar-refractivity contribution in [2.24, 2.45) is 0 Å². The lowest BCUT2D eigenvalue weighted by molar-refractivity contribution is 0.285. The zero-order valence-electron chi connectivity index (χ0n) is 12.1. The molecule has 0 atom stereocenters. The van der Waals surface area contributed by atoms with Crippen LogP contribution in [0.5, 0.6) is 0 Å². The summed E-state index contributed by atoms with van der Waals surface area (Å²) < 4.78 is 13.2. The average molecular weight is 285 g/mol. The van der Waals surface area contributed by atoms with Crippen LogP contribution in [-0.2, 0) is 6.54 Å². The van der Waals surface area contributed by atoms with Crippen molar-refractivity contribution >= 4 is 5.82 Å². The topological polar surface area (TPSA) is 19.4 Å². The van der Waals surface area contributed by atoms with E-state index < -0.39 is 5.95 Å². The smallest absolute Gasteiger partial charge is 0.214 e. The molecule has 1 aromatic carbocycles. The van der Waals surface area contributed by atoms with Crippen molar-refractivity contribution in [3.8, 4) is 0 Å². The molecule has 4 heteroatoms. The second-order valence-electron chi connectivity index (χ2n) is 5.42. The number of benzene rings is 1. The molecule has 21 heavy (non-hydrogen) atoms. The third-order valence-corrected chi connectivity index (χ3v) is 3.86. The standard InChI is InChI=1S/C17H20FN3/c18-16-8-4-9-17(19-16)21-11-5-10-20(12-13-21)14-15-6-2-1-3-7-15/h1-4,6-9H,5,10-14H2. The van der Waals surface area contributed by atoms with E-state index in [4.69, 9.17) is 0 Å². The van der Waals surface area contributed by atoms with Gasteiger partial charge in [-0.15, -0.1) is 0 Å². The summed E-state index contributed by atoms with van der Waals surface area (Å²) in [5.74, 6) is 0.342. The van der Waals surface area contributed by atoms with Crippen molar-refractivity contribution in [3.63, 3.8) is 0 Å². The molecule has 0 amide bonds. The predicted molar refractivity (Wildman–Crippen MR) is 82.7 cm³/mol. The molecule has 0 aliphatic carbocycles. The Balaban J connectivity index is 1.62. The second-order valence-corrected chi connectivity index (χ2v) is 5.42. The van der Waals surface area contributed by atoms with Gasteiger partial charge in [0.15, 0.2) is 0 Å². The number of anilines is 1. The van der Waals surface area contributed by atoms with Crippen LogP contribution in [-0.4, -0.2) is 36.1 Å². The molecule has 0 N–H and O–H groups in total. The van der Waals surface area contributed by atoms with Crippen LogP contribution in [0.3, 0.4) is 0 Å². The van der Waals surface area contributed by atoms with E-state index in [0.29, 0.717) is 0 Å². The van der Waals surface area contributed by atoms with Gasteiger partial charge in [0.2, 0.25) is 5.95 Å². The molecule has 1 fully saturated rings. The molecule has 0 bridgehead atoms. The highest BCUT2D eigenvalue weighted by molar-refractivity contribution is 5.38. The zero-order valence-corrected chi connectivity index (χ0v) is 12.1. The first-order valence-electron chi connectivity index (χ1n) is 7.45. The van der Waals surface area contributed by atoms with Crippen LogP contribution in [0.2, 0.25) is 0 Å². The number of hydrogen-bond donors (Lipinski definition) is 0. The Morgan fingerprint density at radius 1 is 0.905 bits per heavy atom. The molecule has 1 aliphatic heterocycles. The van der Waals surface area contributed by atoms with Gasteiger partial charge in [0, 0.05) is 32.7 Å². The van der Waals surface area contributed by atoms with E-state index >= 15 is 0 Å². The Morgan fingerprint density at radius 2 is 1.76 bits per heavy atom. The number of aromatic nitrogens is 1. The second kappa shape index (κ2) is 6.68. The van der Waals surface area contributed by atoms with Crippen LogP contribution < -0.4 is 4.90 Å². The molecule has 3 rings (SSSR count). The Morgan fingerprint density at radius 3 is 2.57 bits per heavy atom. The van der Waals surface area contributed by atoms with Crippen molar-refractivity contribution in [3.05, 3.63) is 60.0 Å². The van der Waals surface area contributed by atoms with E-state index in [1.807, 2.05) is 12.1 Å². The highest BCUT2D eigenvalue weighted by Gasteiger charge is 2.16. The van der Waals surface area contributed by atoms with Crippen molar-refractivity contribution in [1.29, 1.82) is 0 Å². The Labute approximate surface area is 125 Å². The lowest BCUT2D eigenvalue weighted by atomic mass is 10.2. The molecule has 0 unspecified atom stereocenters. The minimum Gasteiger partial charge on any atom is -0.355 e. The van der Waals surface area contributed by atoms with Gasteiger partial charge in [0.1, 0.15) is 5.82 Å². The van der Waals surface area contributed by atoms with E-state index in [1.54, 1.807) is 6.07 Å². The van der Waals surface area contributed by atoms with Gasteiger partial charge in [-0.05, 0) is 24.1 Å². The summed E-state index contributed by atoms with van der Waals surface area (Å²) in [5, 5.41) is 0. The van der Waals surface area contributed by atoms with E-state index in [2.05, 4.69) is 39.0 Å². The molecule has 1 saturated heterocycles. The van der Waals surface area contributed by atoms with Gasteiger partial charge in [0.25, 0.3) is 0 Å². The monoisotopic (exact) mass is 285 g/mol. The largest absolute Gasteiger partial charge is 0.355 e. The summed E-state index contributed by atoms with van der Waals surface area (Å²) in [6, 6.07) is 15.5. The molecule has 0 spiro atoms. The van der Waals surface area contributed by atoms with Gasteiger partial charge < -0.3 is 4.90 Å². The molecule has 1 aromatic heterocycles. The normalized spacial score (nSPS) is 16.7. The van der Waals surface area contributed by atoms with Gasteiger partial charge in [-0.25, -0.2) is 4.98 Å². The molecular formula is C17H20FN3. The van der Waals surface area contributed by atoms with Crippen molar-refractivity contribution in [2.75, 3.05) is 31.1 Å². The van der Waals surface area contributed by atoms with Gasteiger partial charge in [0.05, 0.1) is 0 Å². The lowest BCUT2D eigenvalue weighted by Crippen LogP contribution is -2.31. The Kier molecular flexibility index (Phi) is 4.46. The molecular weight excluding hydrogens is 265 g/mol. The fraction of sp³-hybridized carbons (Fsp3) is 0.353. The molecule has 2 aromatic rings. The summed E-state index contributed by atoms with van der Waals surface area (Å²) in [4.78, 5) is 8.62. The fourth-order valence-corrected chi connectivity index (χ4v) is 2.77. The fourth-order valence-electron chi connectivity index (χ4n) is 2.77. The van der Waals surface area contributed by atoms with E-state index in [0.717, 1.165) is 45.0 Å². The number of hydrogen-bond acceptors (Lipinski definition) is 3. The SMILES string of the molecule is Fc1cccc(N2CCCN(Cc3ccccc3)CC2)n1. The highest BCUT2D eigenvalue weighted by Crippen LogP contribution is 2.15. The molecule has 110 valence electrons. The molecule has 1 aliphatic rings. The minimum absolute atomic E-state index is 0.405. The van der Waals surface area contributed by atoms with Crippen LogP contribution in [0.4, 0.5) is 10.2 Å². The van der Waals surface area contributed by atoms with Gasteiger partial charge in [-0.2, -0.15) is 4.39 Å². The third-order valence-electron chi connectivity index (χ3n) is 3.86. The number of nitrogens with zero attached hydrogens (tertiary/aromatic N) is 3. The molecule has 0 radical (unpaired) electrons. The number of pyridine rings is 1. The van der Waals surface area contributed by atoms with Gasteiger partial charge in [-0.3, -0.25) is 4.90 Å². The van der Waals surface area contributed by atoms with Crippen molar-refractivity contribution in [1.82, 2.24) is 9.88 Å². The summed E-state index contributed by atoms with van der Waals surface area (Å²) >= 11 is 0. The first-order chi connectivity index (χ1) is 10.3. The van der Waals surface area contributed by atoms with Crippen LogP contribution >= 0.6 is 0 Å². The van der Waals surface area contributed by atoms with Crippen LogP contribution in [0.15, 0.2) is 48.5 Å². The maximum atomic E-state index is 13.2. The Bertz CT molecular complexity index is 573. The first kappa shape index (κ1) is 14.0. The molecule has 2 heterocycles. The average Bonchev–Trinajstić information content (AvgIpc) is 2.74. The van der Waals surface area contributed by atoms with Crippen molar-refractivity contribution < 1.29 is 4.39 Å². The molecule has 0 saturated carbocycles. The lowest BCUT2D eigenvalue weighted by Gasteiger charge is -2.22.